The fourth-order valence-corrected chi connectivity index (χ4v) is 4.07. The van der Waals surface area contributed by atoms with E-state index in [0.29, 0.717) is 0 Å². The molecule has 0 aliphatic carbocycles. The standard InChI is InChI=1S/C8H14N2OS2/c1-7(2)9-10-8(11-7)12-5-3-4-6-13-8/h3-6H2,1-2H3. The van der Waals surface area contributed by atoms with E-state index in [9.17, 15) is 0 Å². The van der Waals surface area contributed by atoms with Gasteiger partial charge in [-0.2, -0.15) is 5.11 Å². The van der Waals surface area contributed by atoms with Gasteiger partial charge in [-0.1, -0.05) is 23.5 Å². The molecule has 2 rings (SSSR count). The Morgan fingerprint density at radius 1 is 1.08 bits per heavy atom. The Morgan fingerprint density at radius 3 is 2.15 bits per heavy atom. The highest BCUT2D eigenvalue weighted by Crippen LogP contribution is 2.49. The maximum absolute atomic E-state index is 5.85. The fourth-order valence-electron chi connectivity index (χ4n) is 1.30. The first-order valence-corrected chi connectivity index (χ1v) is 6.51. The van der Waals surface area contributed by atoms with Gasteiger partial charge in [0.1, 0.15) is 0 Å². The Kier molecular flexibility index (Phi) is 2.59. The van der Waals surface area contributed by atoms with Crippen LogP contribution >= 0.6 is 23.5 Å². The first-order valence-electron chi connectivity index (χ1n) is 4.54. The summed E-state index contributed by atoms with van der Waals surface area (Å²) in [6.45, 7) is 3.91. The summed E-state index contributed by atoms with van der Waals surface area (Å²) in [5.41, 5.74) is -0.426. The van der Waals surface area contributed by atoms with Crippen LogP contribution in [0.3, 0.4) is 0 Å². The molecule has 74 valence electrons. The lowest BCUT2D eigenvalue weighted by molar-refractivity contribution is -0.00272. The number of ether oxygens (including phenoxy) is 1. The van der Waals surface area contributed by atoms with E-state index < -0.39 is 10.1 Å². The van der Waals surface area contributed by atoms with E-state index in [1.807, 2.05) is 13.8 Å². The van der Waals surface area contributed by atoms with E-state index in [-0.39, 0.29) is 0 Å². The van der Waals surface area contributed by atoms with E-state index in [2.05, 4.69) is 10.2 Å². The SMILES string of the molecule is CC1(C)N=NC2(O1)SCCCCS2. The lowest BCUT2D eigenvalue weighted by Gasteiger charge is -2.24. The summed E-state index contributed by atoms with van der Waals surface area (Å²) < 4.78 is 5.43. The van der Waals surface area contributed by atoms with Gasteiger partial charge in [-0.05, 0) is 38.2 Å². The zero-order chi connectivity index (χ0) is 9.36. The molecule has 0 atom stereocenters. The molecule has 0 amide bonds. The van der Waals surface area contributed by atoms with E-state index in [0.717, 1.165) is 11.5 Å². The molecule has 3 nitrogen and oxygen atoms in total. The van der Waals surface area contributed by atoms with Crippen LogP contribution in [0.15, 0.2) is 10.2 Å². The van der Waals surface area contributed by atoms with Gasteiger partial charge >= 0.3 is 0 Å². The predicted octanol–water partition coefficient (Wildman–Crippen LogP) is 3.08. The van der Waals surface area contributed by atoms with E-state index in [1.165, 1.54) is 12.8 Å². The van der Waals surface area contributed by atoms with Gasteiger partial charge in [0, 0.05) is 0 Å². The van der Waals surface area contributed by atoms with Crippen molar-refractivity contribution in [2.75, 3.05) is 11.5 Å². The van der Waals surface area contributed by atoms with Gasteiger partial charge in [-0.3, -0.25) is 0 Å². The van der Waals surface area contributed by atoms with Crippen LogP contribution in [-0.4, -0.2) is 21.6 Å². The fraction of sp³-hybridized carbons (Fsp3) is 1.00. The molecule has 0 saturated carbocycles. The Labute approximate surface area is 87.1 Å². The minimum absolute atomic E-state index is 0.417. The third-order valence-electron chi connectivity index (χ3n) is 1.90. The lowest BCUT2D eigenvalue weighted by atomic mass is 10.3. The van der Waals surface area contributed by atoms with Gasteiger partial charge in [-0.25, -0.2) is 0 Å². The van der Waals surface area contributed by atoms with Crippen LogP contribution in [0.25, 0.3) is 0 Å². The topological polar surface area (TPSA) is 34.0 Å². The molecule has 0 aromatic heterocycles. The average molecular weight is 218 g/mol. The minimum Gasteiger partial charge on any atom is -0.306 e. The molecule has 0 bridgehead atoms. The number of nitrogens with zero attached hydrogens (tertiary/aromatic N) is 2. The van der Waals surface area contributed by atoms with E-state index >= 15 is 0 Å². The van der Waals surface area contributed by atoms with Crippen molar-refractivity contribution in [2.45, 2.75) is 36.8 Å². The van der Waals surface area contributed by atoms with Crippen molar-refractivity contribution >= 4 is 23.5 Å². The van der Waals surface area contributed by atoms with Crippen LogP contribution < -0.4 is 0 Å². The number of hydrogen-bond acceptors (Lipinski definition) is 5. The van der Waals surface area contributed by atoms with Gasteiger partial charge in [0.2, 0.25) is 0 Å². The second-order valence-electron chi connectivity index (χ2n) is 3.68. The van der Waals surface area contributed by atoms with Crippen molar-refractivity contribution in [1.82, 2.24) is 0 Å². The van der Waals surface area contributed by atoms with Gasteiger partial charge in [0.15, 0.2) is 5.72 Å². The number of azo groups is 1. The molecular formula is C8H14N2OS2. The maximum atomic E-state index is 5.85. The van der Waals surface area contributed by atoms with Gasteiger partial charge in [0.25, 0.3) is 4.39 Å². The molecule has 2 aliphatic rings. The summed E-state index contributed by atoms with van der Waals surface area (Å²) in [7, 11) is 0. The van der Waals surface area contributed by atoms with Crippen LogP contribution in [-0.2, 0) is 4.74 Å². The minimum atomic E-state index is -0.426. The largest absolute Gasteiger partial charge is 0.306 e. The Morgan fingerprint density at radius 2 is 1.69 bits per heavy atom. The van der Waals surface area contributed by atoms with Crippen molar-refractivity contribution in [3.63, 3.8) is 0 Å². The second-order valence-corrected chi connectivity index (χ2v) is 6.44. The van der Waals surface area contributed by atoms with Crippen LogP contribution in [0, 0.1) is 0 Å². The number of hydrogen-bond donors (Lipinski definition) is 0. The zero-order valence-corrected chi connectivity index (χ0v) is 9.58. The third kappa shape index (κ3) is 2.19. The number of thioether (sulfide) groups is 2. The molecule has 1 fully saturated rings. The molecule has 0 aromatic carbocycles. The second kappa shape index (κ2) is 3.44. The highest BCUT2D eigenvalue weighted by Gasteiger charge is 2.44. The van der Waals surface area contributed by atoms with Gasteiger partial charge in [-0.15, -0.1) is 5.11 Å². The summed E-state index contributed by atoms with van der Waals surface area (Å²) in [6.07, 6.45) is 2.53. The zero-order valence-electron chi connectivity index (χ0n) is 7.95. The highest BCUT2D eigenvalue weighted by atomic mass is 32.2. The summed E-state index contributed by atoms with van der Waals surface area (Å²) in [4.78, 5) is 0. The average Bonchev–Trinajstić information content (AvgIpc) is 2.26. The van der Waals surface area contributed by atoms with E-state index in [1.54, 1.807) is 23.5 Å². The Hall–Kier alpha value is 0.260. The quantitative estimate of drug-likeness (QED) is 0.626. The van der Waals surface area contributed by atoms with Crippen LogP contribution in [0.1, 0.15) is 26.7 Å². The van der Waals surface area contributed by atoms with E-state index in [4.69, 9.17) is 4.74 Å². The van der Waals surface area contributed by atoms with Gasteiger partial charge < -0.3 is 4.74 Å². The molecule has 0 N–H and O–H groups in total. The lowest BCUT2D eigenvalue weighted by Crippen LogP contribution is -2.27. The van der Waals surface area contributed by atoms with Crippen molar-refractivity contribution < 1.29 is 4.74 Å². The van der Waals surface area contributed by atoms with Crippen molar-refractivity contribution in [3.8, 4) is 0 Å². The molecule has 5 heteroatoms. The molecule has 0 radical (unpaired) electrons. The summed E-state index contributed by atoms with van der Waals surface area (Å²) in [5.74, 6) is 2.25. The Bertz CT molecular complexity index is 222. The molecule has 2 heterocycles. The summed E-state index contributed by atoms with van der Waals surface area (Å²) >= 11 is 3.55. The molecule has 1 saturated heterocycles. The molecule has 0 aromatic rings. The van der Waals surface area contributed by atoms with Crippen LogP contribution in [0.2, 0.25) is 0 Å². The van der Waals surface area contributed by atoms with Crippen molar-refractivity contribution in [1.29, 1.82) is 0 Å². The molecule has 13 heavy (non-hydrogen) atoms. The number of rotatable bonds is 0. The maximum Gasteiger partial charge on any atom is 0.278 e. The summed E-state index contributed by atoms with van der Waals surface area (Å²) in [6, 6.07) is 0. The molecule has 2 aliphatic heterocycles. The van der Waals surface area contributed by atoms with Crippen molar-refractivity contribution in [2.24, 2.45) is 10.2 Å². The smallest absolute Gasteiger partial charge is 0.278 e. The molecule has 0 unspecified atom stereocenters. The van der Waals surface area contributed by atoms with Crippen molar-refractivity contribution in [3.05, 3.63) is 0 Å². The normalized spacial score (nSPS) is 30.6. The molecule has 1 spiro atoms. The Balaban J connectivity index is 2.09. The monoisotopic (exact) mass is 218 g/mol. The first-order chi connectivity index (χ1) is 6.12. The molecular weight excluding hydrogens is 204 g/mol. The highest BCUT2D eigenvalue weighted by molar-refractivity contribution is 8.18. The predicted molar refractivity (Wildman–Crippen MR) is 56.9 cm³/mol. The third-order valence-corrected chi connectivity index (χ3v) is 4.65. The summed E-state index contributed by atoms with van der Waals surface area (Å²) in [5, 5.41) is 8.42. The van der Waals surface area contributed by atoms with Gasteiger partial charge in [0.05, 0.1) is 0 Å². The van der Waals surface area contributed by atoms with Crippen LogP contribution in [0.5, 0.6) is 0 Å². The first kappa shape index (κ1) is 9.80. The van der Waals surface area contributed by atoms with Crippen LogP contribution in [0.4, 0.5) is 0 Å².